The minimum absolute atomic E-state index is 0.100. The summed E-state index contributed by atoms with van der Waals surface area (Å²) in [6, 6.07) is 3.33. The van der Waals surface area contributed by atoms with E-state index in [4.69, 9.17) is 16.3 Å². The number of nitrogens with zero attached hydrogens (tertiary/aromatic N) is 1. The van der Waals surface area contributed by atoms with Crippen LogP contribution in [0.5, 0.6) is 5.88 Å². The number of aromatic nitrogens is 1. The molecule has 0 aliphatic heterocycles. The van der Waals surface area contributed by atoms with Crippen LogP contribution in [-0.4, -0.2) is 29.9 Å². The normalized spacial score (nSPS) is 11.9. The van der Waals surface area contributed by atoms with Crippen molar-refractivity contribution < 1.29 is 9.53 Å². The van der Waals surface area contributed by atoms with E-state index in [1.807, 2.05) is 6.92 Å². The summed E-state index contributed by atoms with van der Waals surface area (Å²) in [6.45, 7) is 2.22. The number of hydrogen-bond donors (Lipinski definition) is 1. The molecule has 1 amide bonds. The van der Waals surface area contributed by atoms with Crippen LogP contribution >= 0.6 is 11.6 Å². The van der Waals surface area contributed by atoms with Gasteiger partial charge in [0, 0.05) is 18.1 Å². The van der Waals surface area contributed by atoms with Crippen LogP contribution < -0.4 is 10.1 Å². The summed E-state index contributed by atoms with van der Waals surface area (Å²) in [7, 11) is 1.48. The molecule has 4 nitrogen and oxygen atoms in total. The van der Waals surface area contributed by atoms with E-state index in [9.17, 15) is 4.79 Å². The summed E-state index contributed by atoms with van der Waals surface area (Å²) in [5.74, 6) is 0.0877. The van der Waals surface area contributed by atoms with Crippen LogP contribution in [0.3, 0.4) is 0 Å². The standard InChI is InChI=1S/C10H13ClN2O2/c1-7(11)6-13-9(14)8-4-3-5-12-10(8)15-2/h3-5,7H,6H2,1-2H3,(H,13,14). The van der Waals surface area contributed by atoms with E-state index >= 15 is 0 Å². The maximum absolute atomic E-state index is 11.6. The van der Waals surface area contributed by atoms with Gasteiger partial charge in [0.15, 0.2) is 0 Å². The van der Waals surface area contributed by atoms with Gasteiger partial charge >= 0.3 is 0 Å². The van der Waals surface area contributed by atoms with Crippen molar-refractivity contribution in [2.75, 3.05) is 13.7 Å². The van der Waals surface area contributed by atoms with Crippen LogP contribution in [0.15, 0.2) is 18.3 Å². The summed E-state index contributed by atoms with van der Waals surface area (Å²) in [6.07, 6.45) is 1.57. The third-order valence-electron chi connectivity index (χ3n) is 1.75. The first-order chi connectivity index (χ1) is 7.15. The zero-order chi connectivity index (χ0) is 11.3. The molecular formula is C10H13ClN2O2. The van der Waals surface area contributed by atoms with Crippen LogP contribution in [0.2, 0.25) is 0 Å². The Hall–Kier alpha value is -1.29. The molecule has 5 heteroatoms. The van der Waals surface area contributed by atoms with E-state index in [2.05, 4.69) is 10.3 Å². The van der Waals surface area contributed by atoms with Crippen molar-refractivity contribution in [2.24, 2.45) is 0 Å². The lowest BCUT2D eigenvalue weighted by Gasteiger charge is -2.08. The van der Waals surface area contributed by atoms with Crippen LogP contribution in [-0.2, 0) is 0 Å². The van der Waals surface area contributed by atoms with Crippen molar-refractivity contribution in [3.05, 3.63) is 23.9 Å². The Labute approximate surface area is 93.6 Å². The smallest absolute Gasteiger partial charge is 0.256 e. The highest BCUT2D eigenvalue weighted by molar-refractivity contribution is 6.20. The molecule has 82 valence electrons. The average Bonchev–Trinajstić information content (AvgIpc) is 2.25. The predicted octanol–water partition coefficient (Wildman–Crippen LogP) is 1.45. The summed E-state index contributed by atoms with van der Waals surface area (Å²) in [5, 5.41) is 2.58. The lowest BCUT2D eigenvalue weighted by Crippen LogP contribution is -2.28. The number of hydrogen-bond acceptors (Lipinski definition) is 3. The van der Waals surface area contributed by atoms with E-state index in [0.29, 0.717) is 18.0 Å². The average molecular weight is 229 g/mol. The van der Waals surface area contributed by atoms with Crippen molar-refractivity contribution in [3.8, 4) is 5.88 Å². The topological polar surface area (TPSA) is 51.2 Å². The number of halogens is 1. The molecule has 1 unspecified atom stereocenters. The monoisotopic (exact) mass is 228 g/mol. The van der Waals surface area contributed by atoms with Gasteiger partial charge in [0.25, 0.3) is 5.91 Å². The Morgan fingerprint density at radius 1 is 1.73 bits per heavy atom. The van der Waals surface area contributed by atoms with Gasteiger partial charge in [0.2, 0.25) is 5.88 Å². The second-order valence-corrected chi connectivity index (χ2v) is 3.80. The lowest BCUT2D eigenvalue weighted by molar-refractivity contribution is 0.0950. The number of carbonyl (C=O) groups excluding carboxylic acids is 1. The molecule has 0 aliphatic carbocycles. The third-order valence-corrected chi connectivity index (χ3v) is 1.91. The number of carbonyl (C=O) groups is 1. The Bertz CT molecular complexity index is 342. The van der Waals surface area contributed by atoms with Gasteiger partial charge < -0.3 is 10.1 Å². The number of methoxy groups -OCH3 is 1. The number of alkyl halides is 1. The minimum atomic E-state index is -0.229. The van der Waals surface area contributed by atoms with E-state index < -0.39 is 0 Å². The molecule has 1 aromatic rings. The Morgan fingerprint density at radius 3 is 3.07 bits per heavy atom. The van der Waals surface area contributed by atoms with Crippen molar-refractivity contribution in [1.82, 2.24) is 10.3 Å². The zero-order valence-electron chi connectivity index (χ0n) is 8.66. The zero-order valence-corrected chi connectivity index (χ0v) is 9.41. The highest BCUT2D eigenvalue weighted by atomic mass is 35.5. The highest BCUT2D eigenvalue weighted by Gasteiger charge is 2.12. The fraction of sp³-hybridized carbons (Fsp3) is 0.400. The first-order valence-corrected chi connectivity index (χ1v) is 5.00. The number of rotatable bonds is 4. The molecule has 15 heavy (non-hydrogen) atoms. The van der Waals surface area contributed by atoms with Gasteiger partial charge in [-0.3, -0.25) is 4.79 Å². The first kappa shape index (κ1) is 11.8. The number of ether oxygens (including phenoxy) is 1. The minimum Gasteiger partial charge on any atom is -0.480 e. The molecule has 1 atom stereocenters. The van der Waals surface area contributed by atoms with Crippen LogP contribution in [0.4, 0.5) is 0 Å². The van der Waals surface area contributed by atoms with Gasteiger partial charge in [-0.2, -0.15) is 0 Å². The molecule has 0 saturated carbocycles. The fourth-order valence-electron chi connectivity index (χ4n) is 1.05. The maximum Gasteiger partial charge on any atom is 0.256 e. The van der Waals surface area contributed by atoms with Gasteiger partial charge in [-0.15, -0.1) is 11.6 Å². The Kier molecular flexibility index (Phi) is 4.37. The molecule has 1 N–H and O–H groups in total. The van der Waals surface area contributed by atoms with Crippen LogP contribution in [0.1, 0.15) is 17.3 Å². The molecule has 1 aromatic heterocycles. The molecule has 0 radical (unpaired) electrons. The highest BCUT2D eigenvalue weighted by Crippen LogP contribution is 2.12. The van der Waals surface area contributed by atoms with E-state index in [0.717, 1.165) is 0 Å². The molecule has 0 fully saturated rings. The summed E-state index contributed by atoms with van der Waals surface area (Å²) in [4.78, 5) is 15.6. The van der Waals surface area contributed by atoms with Gasteiger partial charge in [-0.25, -0.2) is 4.98 Å². The van der Waals surface area contributed by atoms with Crippen LogP contribution in [0.25, 0.3) is 0 Å². The molecule has 0 aromatic carbocycles. The molecule has 1 heterocycles. The van der Waals surface area contributed by atoms with Gasteiger partial charge in [0.05, 0.1) is 7.11 Å². The summed E-state index contributed by atoms with van der Waals surface area (Å²) < 4.78 is 4.97. The molecular weight excluding hydrogens is 216 g/mol. The van der Waals surface area contributed by atoms with E-state index in [1.54, 1.807) is 18.3 Å². The van der Waals surface area contributed by atoms with E-state index in [-0.39, 0.29) is 11.3 Å². The Balaban J connectivity index is 2.72. The maximum atomic E-state index is 11.6. The Morgan fingerprint density at radius 2 is 2.47 bits per heavy atom. The molecule has 0 saturated heterocycles. The summed E-state index contributed by atoms with van der Waals surface area (Å²) >= 11 is 5.72. The predicted molar refractivity (Wildman–Crippen MR) is 58.4 cm³/mol. The van der Waals surface area contributed by atoms with Crippen molar-refractivity contribution in [1.29, 1.82) is 0 Å². The van der Waals surface area contributed by atoms with E-state index in [1.165, 1.54) is 7.11 Å². The summed E-state index contributed by atoms with van der Waals surface area (Å²) in [5.41, 5.74) is 0.414. The lowest BCUT2D eigenvalue weighted by atomic mass is 10.2. The quantitative estimate of drug-likeness (QED) is 0.794. The molecule has 0 bridgehead atoms. The van der Waals surface area contributed by atoms with Crippen molar-refractivity contribution in [2.45, 2.75) is 12.3 Å². The molecule has 1 rings (SSSR count). The second-order valence-electron chi connectivity index (χ2n) is 3.05. The first-order valence-electron chi connectivity index (χ1n) is 4.56. The molecule has 0 aliphatic rings. The second kappa shape index (κ2) is 5.56. The van der Waals surface area contributed by atoms with Crippen molar-refractivity contribution >= 4 is 17.5 Å². The number of amides is 1. The number of pyridine rings is 1. The van der Waals surface area contributed by atoms with Crippen LogP contribution in [0, 0.1) is 0 Å². The fourth-order valence-corrected chi connectivity index (χ4v) is 1.13. The largest absolute Gasteiger partial charge is 0.480 e. The van der Waals surface area contributed by atoms with Crippen molar-refractivity contribution in [3.63, 3.8) is 0 Å². The molecule has 0 spiro atoms. The SMILES string of the molecule is COc1ncccc1C(=O)NCC(C)Cl. The van der Waals surface area contributed by atoms with Gasteiger partial charge in [-0.1, -0.05) is 0 Å². The third kappa shape index (κ3) is 3.40. The van der Waals surface area contributed by atoms with Gasteiger partial charge in [0.1, 0.15) is 5.56 Å². The van der Waals surface area contributed by atoms with Gasteiger partial charge in [-0.05, 0) is 19.1 Å². The number of nitrogens with one attached hydrogen (secondary N) is 1.